The highest BCUT2D eigenvalue weighted by Crippen LogP contribution is 2.41. The molecule has 27 heavy (non-hydrogen) atoms. The summed E-state index contributed by atoms with van der Waals surface area (Å²) in [4.78, 5) is 24.4. The summed E-state index contributed by atoms with van der Waals surface area (Å²) in [6.07, 6.45) is 2.27. The van der Waals surface area contributed by atoms with E-state index in [9.17, 15) is 9.59 Å². The van der Waals surface area contributed by atoms with Gasteiger partial charge >= 0.3 is 0 Å². The maximum atomic E-state index is 12.9. The number of aromatic nitrogens is 3. The molecule has 1 saturated carbocycles. The first-order chi connectivity index (χ1) is 12.9. The average molecular weight is 386 g/mol. The van der Waals surface area contributed by atoms with E-state index < -0.39 is 0 Å². The van der Waals surface area contributed by atoms with E-state index in [1.807, 2.05) is 6.92 Å². The maximum absolute atomic E-state index is 12.9. The normalized spacial score (nSPS) is 17.3. The van der Waals surface area contributed by atoms with Gasteiger partial charge in [0.1, 0.15) is 11.6 Å². The van der Waals surface area contributed by atoms with E-state index >= 15 is 0 Å². The molecular weight excluding hydrogens is 364 g/mol. The number of carbonyl (C=O) groups is 2. The molecule has 1 atom stereocenters. The fourth-order valence-corrected chi connectivity index (χ4v) is 4.12. The zero-order valence-electron chi connectivity index (χ0n) is 15.6. The van der Waals surface area contributed by atoms with E-state index in [0.717, 1.165) is 23.8 Å². The molecule has 4 rings (SSSR count). The molecule has 0 bridgehead atoms. The van der Waals surface area contributed by atoms with Crippen molar-refractivity contribution < 1.29 is 14.3 Å². The lowest BCUT2D eigenvalue weighted by Gasteiger charge is -2.19. The molecule has 8 heteroatoms. The van der Waals surface area contributed by atoms with E-state index in [1.54, 1.807) is 18.2 Å². The lowest BCUT2D eigenvalue weighted by molar-refractivity contribution is -0.118. The number of Topliss-reactive ketones (excluding diaryl/α,β-unsaturated/α-hetero) is 1. The Bertz CT molecular complexity index is 904. The van der Waals surface area contributed by atoms with Crippen LogP contribution in [-0.4, -0.2) is 38.3 Å². The molecule has 1 N–H and O–H groups in total. The lowest BCUT2D eigenvalue weighted by atomic mass is 10.1. The molecule has 142 valence electrons. The Balaban J connectivity index is 1.54. The lowest BCUT2D eigenvalue weighted by Crippen LogP contribution is -2.25. The van der Waals surface area contributed by atoms with E-state index in [-0.39, 0.29) is 23.5 Å². The molecule has 1 aromatic heterocycles. The highest BCUT2D eigenvalue weighted by molar-refractivity contribution is 8.00. The minimum Gasteiger partial charge on any atom is -0.482 e. The third-order valence-corrected chi connectivity index (χ3v) is 5.72. The first-order valence-corrected chi connectivity index (χ1v) is 10.0. The van der Waals surface area contributed by atoms with Gasteiger partial charge < -0.3 is 14.6 Å². The summed E-state index contributed by atoms with van der Waals surface area (Å²) >= 11 is 1.44. The van der Waals surface area contributed by atoms with Crippen LogP contribution in [0.15, 0.2) is 23.4 Å². The number of carbonyl (C=O) groups excluding carboxylic acids is 2. The number of nitrogens with one attached hydrogen (secondary N) is 1. The number of rotatable bonds is 6. The average Bonchev–Trinajstić information content (AvgIpc) is 3.40. The third-order valence-electron chi connectivity index (χ3n) is 4.67. The molecule has 7 nitrogen and oxygen atoms in total. The fraction of sp³-hybridized carbons (Fsp3) is 0.474. The number of anilines is 1. The van der Waals surface area contributed by atoms with E-state index in [2.05, 4.69) is 33.9 Å². The Hall–Kier alpha value is -2.35. The van der Waals surface area contributed by atoms with Crippen molar-refractivity contribution in [2.24, 2.45) is 0 Å². The van der Waals surface area contributed by atoms with Gasteiger partial charge in [-0.25, -0.2) is 0 Å². The van der Waals surface area contributed by atoms with Crippen LogP contribution in [0.1, 0.15) is 61.8 Å². The second-order valence-electron chi connectivity index (χ2n) is 7.27. The van der Waals surface area contributed by atoms with Gasteiger partial charge in [0.15, 0.2) is 17.5 Å². The summed E-state index contributed by atoms with van der Waals surface area (Å²) in [6.45, 7) is 6.09. The summed E-state index contributed by atoms with van der Waals surface area (Å²) in [5.41, 5.74) is 1.08. The predicted octanol–water partition coefficient (Wildman–Crippen LogP) is 3.43. The van der Waals surface area contributed by atoms with Crippen LogP contribution in [0, 0.1) is 0 Å². The second-order valence-corrected chi connectivity index (χ2v) is 8.58. The summed E-state index contributed by atoms with van der Waals surface area (Å²) in [5, 5.41) is 11.9. The van der Waals surface area contributed by atoms with Crippen molar-refractivity contribution in [3.05, 3.63) is 29.6 Å². The van der Waals surface area contributed by atoms with Crippen LogP contribution in [0.25, 0.3) is 0 Å². The van der Waals surface area contributed by atoms with Gasteiger partial charge in [-0.2, -0.15) is 0 Å². The molecule has 2 aromatic rings. The molecule has 1 amide bonds. The summed E-state index contributed by atoms with van der Waals surface area (Å²) in [5.74, 6) is 1.63. The third kappa shape index (κ3) is 3.58. The van der Waals surface area contributed by atoms with E-state index in [1.165, 1.54) is 11.8 Å². The molecule has 1 fully saturated rings. The monoisotopic (exact) mass is 386 g/mol. The molecule has 0 radical (unpaired) electrons. The van der Waals surface area contributed by atoms with Gasteiger partial charge in [0.25, 0.3) is 5.91 Å². The Morgan fingerprint density at radius 2 is 2.07 bits per heavy atom. The van der Waals surface area contributed by atoms with Crippen LogP contribution in [0.3, 0.4) is 0 Å². The Kier molecular flexibility index (Phi) is 4.67. The molecule has 1 aliphatic carbocycles. The van der Waals surface area contributed by atoms with Crippen LogP contribution in [-0.2, 0) is 4.79 Å². The molecule has 1 unspecified atom stereocenters. The summed E-state index contributed by atoms with van der Waals surface area (Å²) in [7, 11) is 0. The Morgan fingerprint density at radius 3 is 2.78 bits per heavy atom. The zero-order chi connectivity index (χ0) is 19.1. The van der Waals surface area contributed by atoms with Gasteiger partial charge in [0, 0.05) is 17.5 Å². The number of hydrogen-bond acceptors (Lipinski definition) is 6. The second kappa shape index (κ2) is 6.99. The van der Waals surface area contributed by atoms with Gasteiger partial charge in [-0.15, -0.1) is 10.2 Å². The number of fused-ring (bicyclic) bond motifs is 1. The first kappa shape index (κ1) is 18.0. The van der Waals surface area contributed by atoms with Crippen LogP contribution < -0.4 is 10.1 Å². The summed E-state index contributed by atoms with van der Waals surface area (Å²) < 4.78 is 7.55. The van der Waals surface area contributed by atoms with Gasteiger partial charge in [-0.1, -0.05) is 25.6 Å². The van der Waals surface area contributed by atoms with Gasteiger partial charge in [0.05, 0.1) is 10.9 Å². The van der Waals surface area contributed by atoms with Crippen LogP contribution >= 0.6 is 11.8 Å². The van der Waals surface area contributed by atoms with E-state index in [0.29, 0.717) is 29.0 Å². The number of hydrogen-bond donors (Lipinski definition) is 1. The fourth-order valence-electron chi connectivity index (χ4n) is 3.12. The van der Waals surface area contributed by atoms with Crippen molar-refractivity contribution in [2.45, 2.75) is 56.0 Å². The van der Waals surface area contributed by atoms with Crippen LogP contribution in [0.4, 0.5) is 5.69 Å². The van der Waals surface area contributed by atoms with Gasteiger partial charge in [-0.3, -0.25) is 9.59 Å². The van der Waals surface area contributed by atoms with Crippen LogP contribution in [0.2, 0.25) is 0 Å². The van der Waals surface area contributed by atoms with Crippen molar-refractivity contribution in [3.8, 4) is 5.75 Å². The zero-order valence-corrected chi connectivity index (χ0v) is 16.4. The molecule has 0 saturated heterocycles. The maximum Gasteiger partial charge on any atom is 0.262 e. The Morgan fingerprint density at radius 1 is 1.30 bits per heavy atom. The highest BCUT2D eigenvalue weighted by atomic mass is 32.2. The van der Waals surface area contributed by atoms with Crippen molar-refractivity contribution in [2.75, 3.05) is 11.9 Å². The first-order valence-electron chi connectivity index (χ1n) is 9.16. The Labute approximate surface area is 161 Å². The number of ketones is 1. The number of thioether (sulfide) groups is 1. The van der Waals surface area contributed by atoms with Gasteiger partial charge in [-0.05, 0) is 38.0 Å². The van der Waals surface area contributed by atoms with E-state index in [4.69, 9.17) is 4.74 Å². The largest absolute Gasteiger partial charge is 0.482 e. The minimum absolute atomic E-state index is 0.00155. The standard InChI is InChI=1S/C19H22N4O3S/c1-10(2)18-21-22-19(23(18)13-5-6-13)27-11(3)17(25)12-4-7-15-14(8-12)20-16(24)9-26-15/h4,7-8,10-11,13H,5-6,9H2,1-3H3,(H,20,24). The molecular formula is C19H22N4O3S. The number of benzene rings is 1. The number of ether oxygens (including phenoxy) is 1. The number of nitrogens with zero attached hydrogens (tertiary/aromatic N) is 3. The topological polar surface area (TPSA) is 86.1 Å². The molecule has 2 aliphatic rings. The molecule has 0 spiro atoms. The SMILES string of the molecule is CC(Sc1nnc(C(C)C)n1C1CC1)C(=O)c1ccc2c(c1)NC(=O)CO2. The molecule has 1 aliphatic heterocycles. The van der Waals surface area contributed by atoms with Gasteiger partial charge in [0.2, 0.25) is 0 Å². The highest BCUT2D eigenvalue weighted by Gasteiger charge is 2.32. The minimum atomic E-state index is -0.315. The number of amides is 1. The van der Waals surface area contributed by atoms with Crippen LogP contribution in [0.5, 0.6) is 5.75 Å². The summed E-state index contributed by atoms with van der Waals surface area (Å²) in [6, 6.07) is 5.60. The van der Waals surface area contributed by atoms with Crippen molar-refractivity contribution in [1.29, 1.82) is 0 Å². The molecule has 2 heterocycles. The smallest absolute Gasteiger partial charge is 0.262 e. The van der Waals surface area contributed by atoms with Crippen molar-refractivity contribution >= 4 is 29.1 Å². The predicted molar refractivity (Wildman–Crippen MR) is 103 cm³/mol. The molecule has 1 aromatic carbocycles. The van der Waals surface area contributed by atoms with Crippen molar-refractivity contribution in [3.63, 3.8) is 0 Å². The quantitative estimate of drug-likeness (QED) is 0.605. The van der Waals surface area contributed by atoms with Crippen molar-refractivity contribution in [1.82, 2.24) is 14.8 Å².